The fourth-order valence-electron chi connectivity index (χ4n) is 4.23. The zero-order valence-electron chi connectivity index (χ0n) is 20.2. The third-order valence-electron chi connectivity index (χ3n) is 5.99. The highest BCUT2D eigenvalue weighted by molar-refractivity contribution is 7.17. The highest BCUT2D eigenvalue weighted by Gasteiger charge is 2.47. The van der Waals surface area contributed by atoms with E-state index in [0.717, 1.165) is 11.3 Å². The number of aromatic nitrogens is 1. The molecule has 1 aliphatic heterocycles. The first-order valence-corrected chi connectivity index (χ1v) is 12.2. The molecule has 1 unspecified atom stereocenters. The van der Waals surface area contributed by atoms with Gasteiger partial charge in [0.1, 0.15) is 16.2 Å². The van der Waals surface area contributed by atoms with Crippen LogP contribution < -0.4 is 9.64 Å². The van der Waals surface area contributed by atoms with E-state index < -0.39 is 29.5 Å². The molecule has 1 N–H and O–H groups in total. The molecule has 10 heteroatoms. The molecule has 9 nitrogen and oxygen atoms in total. The summed E-state index contributed by atoms with van der Waals surface area (Å²) in [5, 5.41) is 11.8. The van der Waals surface area contributed by atoms with E-state index in [0.29, 0.717) is 28.0 Å². The lowest BCUT2D eigenvalue weighted by Gasteiger charge is -2.24. The fourth-order valence-corrected chi connectivity index (χ4v) is 5.22. The number of carbonyl (C=O) groups is 3. The quantitative estimate of drug-likeness (QED) is 0.263. The van der Waals surface area contributed by atoms with E-state index in [-0.39, 0.29) is 27.9 Å². The number of carbonyl (C=O) groups excluding carboxylic acids is 3. The molecule has 1 atom stereocenters. The minimum Gasteiger partial charge on any atom is -0.503 e. The Morgan fingerprint density at radius 3 is 2.57 bits per heavy atom. The molecule has 4 aromatic rings. The maximum Gasteiger partial charge on any atom is 0.350 e. The SMILES string of the molecule is CCOC(=O)c1sc(N2C(=O)C(O)=C(C(=O)c3cc4ccccc4o3)C2c2ccc(OC)cc2)nc1C. The van der Waals surface area contributed by atoms with E-state index in [4.69, 9.17) is 13.9 Å². The molecule has 37 heavy (non-hydrogen) atoms. The normalized spacial score (nSPS) is 15.5. The topological polar surface area (TPSA) is 119 Å². The van der Waals surface area contributed by atoms with Crippen LogP contribution in [-0.4, -0.2) is 41.5 Å². The third kappa shape index (κ3) is 4.15. The number of methoxy groups -OCH3 is 1. The third-order valence-corrected chi connectivity index (χ3v) is 7.12. The molecular formula is C27H22N2O7S. The van der Waals surface area contributed by atoms with Crippen LogP contribution in [0.25, 0.3) is 11.0 Å². The summed E-state index contributed by atoms with van der Waals surface area (Å²) in [7, 11) is 1.53. The van der Waals surface area contributed by atoms with Crippen molar-refractivity contribution in [3.8, 4) is 5.75 Å². The molecule has 0 bridgehead atoms. The number of aliphatic hydroxyl groups is 1. The Balaban J connectivity index is 1.63. The lowest BCUT2D eigenvalue weighted by atomic mass is 9.95. The van der Waals surface area contributed by atoms with Gasteiger partial charge in [0.15, 0.2) is 16.7 Å². The number of anilines is 1. The molecule has 5 rings (SSSR count). The molecule has 0 saturated heterocycles. The van der Waals surface area contributed by atoms with Crippen LogP contribution in [0.5, 0.6) is 5.75 Å². The van der Waals surface area contributed by atoms with Crippen molar-refractivity contribution in [3.63, 3.8) is 0 Å². The van der Waals surface area contributed by atoms with Gasteiger partial charge in [-0.2, -0.15) is 0 Å². The second-order valence-electron chi connectivity index (χ2n) is 8.22. The molecule has 0 saturated carbocycles. The Hall–Kier alpha value is -4.44. The van der Waals surface area contributed by atoms with Gasteiger partial charge in [-0.3, -0.25) is 14.5 Å². The minimum atomic E-state index is -1.03. The zero-order chi connectivity index (χ0) is 26.3. The van der Waals surface area contributed by atoms with Crippen molar-refractivity contribution in [2.24, 2.45) is 0 Å². The Labute approximate surface area is 215 Å². The van der Waals surface area contributed by atoms with Crippen molar-refractivity contribution in [2.75, 3.05) is 18.6 Å². The number of hydrogen-bond acceptors (Lipinski definition) is 9. The molecule has 1 aliphatic rings. The first kappa shape index (κ1) is 24.3. The minimum absolute atomic E-state index is 0.0153. The number of ketones is 1. The molecule has 0 radical (unpaired) electrons. The van der Waals surface area contributed by atoms with Crippen molar-refractivity contribution in [3.05, 3.63) is 87.8 Å². The summed E-state index contributed by atoms with van der Waals surface area (Å²) in [5.74, 6) is -2.16. The van der Waals surface area contributed by atoms with Crippen LogP contribution in [0.1, 0.15) is 44.4 Å². The van der Waals surface area contributed by atoms with Crippen molar-refractivity contribution in [1.29, 1.82) is 0 Å². The molecule has 1 amide bonds. The number of amides is 1. The van der Waals surface area contributed by atoms with Gasteiger partial charge in [0, 0.05) is 5.39 Å². The van der Waals surface area contributed by atoms with Crippen molar-refractivity contribution >= 4 is 45.1 Å². The fraction of sp³-hybridized carbons (Fsp3) is 0.185. The van der Waals surface area contributed by atoms with Crippen LogP contribution in [0.2, 0.25) is 0 Å². The molecule has 3 heterocycles. The number of thiazole rings is 1. The van der Waals surface area contributed by atoms with Crippen LogP contribution in [0.3, 0.4) is 0 Å². The van der Waals surface area contributed by atoms with Crippen LogP contribution in [0, 0.1) is 6.92 Å². The summed E-state index contributed by atoms with van der Waals surface area (Å²) in [6.07, 6.45) is 0. The van der Waals surface area contributed by atoms with Gasteiger partial charge in [0.25, 0.3) is 5.91 Å². The molecule has 2 aromatic heterocycles. The number of benzene rings is 2. The Kier molecular flexibility index (Phi) is 6.26. The number of esters is 1. The monoisotopic (exact) mass is 518 g/mol. The summed E-state index contributed by atoms with van der Waals surface area (Å²) in [6, 6.07) is 14.4. The Morgan fingerprint density at radius 1 is 1.16 bits per heavy atom. The second kappa shape index (κ2) is 9.55. The number of hydrogen-bond donors (Lipinski definition) is 1. The van der Waals surface area contributed by atoms with E-state index in [1.165, 1.54) is 12.0 Å². The smallest absolute Gasteiger partial charge is 0.350 e. The number of fused-ring (bicyclic) bond motifs is 1. The molecule has 0 aliphatic carbocycles. The van der Waals surface area contributed by atoms with Gasteiger partial charge in [-0.15, -0.1) is 0 Å². The number of ether oxygens (including phenoxy) is 2. The van der Waals surface area contributed by atoms with Gasteiger partial charge < -0.3 is 19.0 Å². The summed E-state index contributed by atoms with van der Waals surface area (Å²) in [6.45, 7) is 3.50. The average Bonchev–Trinajstić information content (AvgIpc) is 3.58. The van der Waals surface area contributed by atoms with E-state index >= 15 is 0 Å². The molecule has 0 spiro atoms. The maximum absolute atomic E-state index is 13.7. The highest BCUT2D eigenvalue weighted by Crippen LogP contribution is 2.44. The Morgan fingerprint density at radius 2 is 1.89 bits per heavy atom. The standard InChI is InChI=1S/C27H22N2O7S/c1-4-35-26(33)24-14(2)28-27(37-24)29-21(15-9-11-17(34-3)12-10-15)20(23(31)25(29)32)22(30)19-13-16-7-5-6-8-18(16)36-19/h5-13,21,31H,4H2,1-3H3. The van der Waals surface area contributed by atoms with Crippen LogP contribution >= 0.6 is 11.3 Å². The van der Waals surface area contributed by atoms with Gasteiger partial charge in [0.05, 0.1) is 31.0 Å². The lowest BCUT2D eigenvalue weighted by molar-refractivity contribution is -0.117. The maximum atomic E-state index is 13.7. The summed E-state index contributed by atoms with van der Waals surface area (Å²) >= 11 is 0.952. The number of aryl methyl sites for hydroxylation is 1. The second-order valence-corrected chi connectivity index (χ2v) is 9.20. The van der Waals surface area contributed by atoms with Crippen molar-refractivity contribution in [2.45, 2.75) is 19.9 Å². The predicted molar refractivity (Wildman–Crippen MR) is 136 cm³/mol. The molecule has 2 aromatic carbocycles. The molecule has 188 valence electrons. The van der Waals surface area contributed by atoms with Gasteiger partial charge in [-0.25, -0.2) is 9.78 Å². The summed E-state index contributed by atoms with van der Waals surface area (Å²) in [4.78, 5) is 45.4. The van der Waals surface area contributed by atoms with E-state index in [2.05, 4.69) is 4.98 Å². The first-order valence-electron chi connectivity index (χ1n) is 11.4. The number of rotatable bonds is 7. The Bertz CT molecular complexity index is 1530. The van der Waals surface area contributed by atoms with E-state index in [1.54, 1.807) is 62.4 Å². The highest BCUT2D eigenvalue weighted by atomic mass is 32.1. The number of nitrogens with zero attached hydrogens (tertiary/aromatic N) is 2. The van der Waals surface area contributed by atoms with Crippen LogP contribution in [0.15, 0.2) is 70.3 Å². The van der Waals surface area contributed by atoms with Crippen LogP contribution in [-0.2, 0) is 9.53 Å². The lowest BCUT2D eigenvalue weighted by Crippen LogP contribution is -2.31. The number of para-hydroxylation sites is 1. The number of aliphatic hydroxyl groups excluding tert-OH is 1. The van der Waals surface area contributed by atoms with Gasteiger partial charge >= 0.3 is 5.97 Å². The van der Waals surface area contributed by atoms with Gasteiger partial charge in [-0.1, -0.05) is 41.7 Å². The molecule has 0 fully saturated rings. The zero-order valence-corrected chi connectivity index (χ0v) is 21.0. The van der Waals surface area contributed by atoms with Gasteiger partial charge in [0.2, 0.25) is 5.78 Å². The van der Waals surface area contributed by atoms with Crippen LogP contribution in [0.4, 0.5) is 5.13 Å². The van der Waals surface area contributed by atoms with Crippen molar-refractivity contribution in [1.82, 2.24) is 4.98 Å². The average molecular weight is 519 g/mol. The summed E-state index contributed by atoms with van der Waals surface area (Å²) in [5.41, 5.74) is 1.25. The molecular weight excluding hydrogens is 496 g/mol. The predicted octanol–water partition coefficient (Wildman–Crippen LogP) is 5.17. The largest absolute Gasteiger partial charge is 0.503 e. The number of furan rings is 1. The van der Waals surface area contributed by atoms with Gasteiger partial charge in [-0.05, 0) is 43.7 Å². The summed E-state index contributed by atoms with van der Waals surface area (Å²) < 4.78 is 16.1. The van der Waals surface area contributed by atoms with E-state index in [1.807, 2.05) is 6.07 Å². The first-order chi connectivity index (χ1) is 17.8. The number of Topliss-reactive ketones (excluding diaryl/α,β-unsaturated/α-hetero) is 1. The van der Waals surface area contributed by atoms with Crippen molar-refractivity contribution < 1.29 is 33.4 Å². The van der Waals surface area contributed by atoms with E-state index in [9.17, 15) is 19.5 Å².